The highest BCUT2D eigenvalue weighted by Crippen LogP contribution is 2.48. The molecule has 0 unspecified atom stereocenters. The first-order valence-corrected chi connectivity index (χ1v) is 25.2. The molecule has 0 atom stereocenters. The van der Waals surface area contributed by atoms with Gasteiger partial charge in [-0.05, 0) is 59.7 Å². The Balaban J connectivity index is 0.910. The summed E-state index contributed by atoms with van der Waals surface area (Å²) in [4.78, 5) is 15.3. The second kappa shape index (κ2) is 15.4. The van der Waals surface area contributed by atoms with E-state index in [0.717, 1.165) is 27.1 Å². The zero-order chi connectivity index (χ0) is 45.9. The summed E-state index contributed by atoms with van der Waals surface area (Å²) in [5, 5.41) is 9.96. The molecule has 70 heavy (non-hydrogen) atoms. The second-order valence-electron chi connectivity index (χ2n) is 17.9. The minimum absolute atomic E-state index is 0.653. The number of thiophene rings is 2. The van der Waals surface area contributed by atoms with E-state index >= 15 is 0 Å². The van der Waals surface area contributed by atoms with E-state index < -0.39 is 0 Å². The van der Waals surface area contributed by atoms with Gasteiger partial charge in [0.2, 0.25) is 0 Å². The van der Waals surface area contributed by atoms with Crippen molar-refractivity contribution in [2.24, 2.45) is 0 Å². The standard InChI is InChI=1S/C63H37N5S2/c1-4-17-38(18-5-1)61-64-62(39-19-6-2-7-20-39)66-63(65-61)50-29-15-27-46-48-28-16-32-55(59(48)69-58(46)50)68-53-31-13-11-24-44(53)51-37-40(33-36-54(51)68)42-25-14-26-47-49-35-34-45-43-23-10-12-30-52(43)67(41-21-8-3-9-22-41)56(45)60(49)70-57(42)47/h1-37H. The Labute approximate surface area is 409 Å². The number of fused-ring (bicyclic) bond motifs is 13. The van der Waals surface area contributed by atoms with Crippen molar-refractivity contribution in [2.45, 2.75) is 0 Å². The van der Waals surface area contributed by atoms with Crippen LogP contribution in [0.4, 0.5) is 0 Å². The normalized spacial score (nSPS) is 12.0. The van der Waals surface area contributed by atoms with Gasteiger partial charge in [0.15, 0.2) is 17.5 Å². The molecule has 10 aromatic carbocycles. The smallest absolute Gasteiger partial charge is 0.165 e. The predicted octanol–water partition coefficient (Wildman–Crippen LogP) is 17.5. The summed E-state index contributed by atoms with van der Waals surface area (Å²) in [6.07, 6.45) is 0. The van der Waals surface area contributed by atoms with E-state index in [0.29, 0.717) is 17.5 Å². The highest BCUT2D eigenvalue weighted by molar-refractivity contribution is 7.27. The van der Waals surface area contributed by atoms with Crippen molar-refractivity contribution in [3.8, 4) is 56.7 Å². The highest BCUT2D eigenvalue weighted by Gasteiger charge is 2.23. The molecule has 0 amide bonds. The van der Waals surface area contributed by atoms with Crippen LogP contribution in [0.2, 0.25) is 0 Å². The summed E-state index contributed by atoms with van der Waals surface area (Å²) >= 11 is 3.72. The zero-order valence-corrected chi connectivity index (χ0v) is 39.0. The first kappa shape index (κ1) is 39.3. The summed E-state index contributed by atoms with van der Waals surface area (Å²) in [5.41, 5.74) is 12.5. The van der Waals surface area contributed by atoms with Gasteiger partial charge in [-0.25, -0.2) is 15.0 Å². The Bertz CT molecular complexity index is 4530. The first-order chi connectivity index (χ1) is 34.7. The molecule has 0 N–H and O–H groups in total. The lowest BCUT2D eigenvalue weighted by atomic mass is 10.0. The summed E-state index contributed by atoms with van der Waals surface area (Å²) in [7, 11) is 0. The van der Waals surface area contributed by atoms with E-state index in [1.165, 1.54) is 96.1 Å². The van der Waals surface area contributed by atoms with E-state index in [1.807, 2.05) is 59.1 Å². The lowest BCUT2D eigenvalue weighted by Crippen LogP contribution is -2.00. The van der Waals surface area contributed by atoms with Crippen LogP contribution in [-0.2, 0) is 0 Å². The Morgan fingerprint density at radius 1 is 0.286 bits per heavy atom. The maximum absolute atomic E-state index is 5.16. The zero-order valence-electron chi connectivity index (χ0n) is 37.4. The number of hydrogen-bond acceptors (Lipinski definition) is 5. The van der Waals surface area contributed by atoms with Crippen LogP contribution in [0, 0.1) is 0 Å². The molecule has 5 aromatic heterocycles. The van der Waals surface area contributed by atoms with Gasteiger partial charge in [-0.15, -0.1) is 22.7 Å². The summed E-state index contributed by atoms with van der Waals surface area (Å²) in [6.45, 7) is 0. The van der Waals surface area contributed by atoms with Crippen molar-refractivity contribution in [3.05, 3.63) is 224 Å². The molecule has 15 rings (SSSR count). The third-order valence-corrected chi connectivity index (χ3v) is 16.5. The number of hydrogen-bond donors (Lipinski definition) is 0. The summed E-state index contributed by atoms with van der Waals surface area (Å²) in [6, 6.07) is 80.7. The average molecular weight is 928 g/mol. The molecule has 0 aliphatic rings. The van der Waals surface area contributed by atoms with Crippen LogP contribution in [0.25, 0.3) is 141 Å². The largest absolute Gasteiger partial charge is 0.308 e. The Kier molecular flexibility index (Phi) is 8.63. The van der Waals surface area contributed by atoms with Crippen LogP contribution in [0.15, 0.2) is 224 Å². The molecule has 15 aromatic rings. The molecule has 0 saturated heterocycles. The van der Waals surface area contributed by atoms with Gasteiger partial charge in [0.1, 0.15) is 0 Å². The number of para-hydroxylation sites is 3. The molecule has 5 nitrogen and oxygen atoms in total. The molecule has 0 aliphatic heterocycles. The number of aromatic nitrogens is 5. The second-order valence-corrected chi connectivity index (χ2v) is 19.9. The molecular weight excluding hydrogens is 891 g/mol. The molecule has 0 fully saturated rings. The molecule has 0 saturated carbocycles. The molecule has 5 heterocycles. The van der Waals surface area contributed by atoms with Crippen LogP contribution in [0.3, 0.4) is 0 Å². The molecule has 0 bridgehead atoms. The van der Waals surface area contributed by atoms with Gasteiger partial charge in [0.25, 0.3) is 0 Å². The highest BCUT2D eigenvalue weighted by atomic mass is 32.1. The van der Waals surface area contributed by atoms with Gasteiger partial charge in [-0.3, -0.25) is 0 Å². The molecule has 0 aliphatic carbocycles. The van der Waals surface area contributed by atoms with E-state index in [2.05, 4.69) is 197 Å². The van der Waals surface area contributed by atoms with Crippen molar-refractivity contribution >= 4 is 107 Å². The van der Waals surface area contributed by atoms with Crippen LogP contribution >= 0.6 is 22.7 Å². The van der Waals surface area contributed by atoms with Crippen molar-refractivity contribution in [2.75, 3.05) is 0 Å². The summed E-state index contributed by atoms with van der Waals surface area (Å²) < 4.78 is 9.89. The topological polar surface area (TPSA) is 48.5 Å². The van der Waals surface area contributed by atoms with Crippen molar-refractivity contribution in [1.82, 2.24) is 24.1 Å². The van der Waals surface area contributed by atoms with Gasteiger partial charge < -0.3 is 9.13 Å². The van der Waals surface area contributed by atoms with E-state index in [-0.39, 0.29) is 0 Å². The third-order valence-electron chi connectivity index (χ3n) is 14.0. The van der Waals surface area contributed by atoms with Crippen molar-refractivity contribution in [1.29, 1.82) is 0 Å². The van der Waals surface area contributed by atoms with Gasteiger partial charge in [0.05, 0.1) is 37.2 Å². The van der Waals surface area contributed by atoms with Crippen molar-refractivity contribution in [3.63, 3.8) is 0 Å². The maximum atomic E-state index is 5.16. The summed E-state index contributed by atoms with van der Waals surface area (Å²) in [5.74, 6) is 1.97. The molecule has 7 heteroatoms. The first-order valence-electron chi connectivity index (χ1n) is 23.5. The van der Waals surface area contributed by atoms with E-state index in [1.54, 1.807) is 0 Å². The lowest BCUT2D eigenvalue weighted by Gasteiger charge is -2.10. The number of rotatable bonds is 6. The quantitative estimate of drug-likeness (QED) is 0.167. The fourth-order valence-corrected chi connectivity index (χ4v) is 13.5. The number of nitrogens with zero attached hydrogens (tertiary/aromatic N) is 5. The van der Waals surface area contributed by atoms with Crippen LogP contribution in [0.1, 0.15) is 0 Å². The van der Waals surface area contributed by atoms with Crippen LogP contribution < -0.4 is 0 Å². The minimum Gasteiger partial charge on any atom is -0.308 e. The Morgan fingerprint density at radius 3 is 1.47 bits per heavy atom. The predicted molar refractivity (Wildman–Crippen MR) is 296 cm³/mol. The Hall–Kier alpha value is -8.75. The molecule has 0 spiro atoms. The fourth-order valence-electron chi connectivity index (χ4n) is 10.9. The monoisotopic (exact) mass is 927 g/mol. The van der Waals surface area contributed by atoms with Gasteiger partial charge >= 0.3 is 0 Å². The fraction of sp³-hybridized carbons (Fsp3) is 0. The van der Waals surface area contributed by atoms with E-state index in [9.17, 15) is 0 Å². The Morgan fingerprint density at radius 2 is 0.771 bits per heavy atom. The third kappa shape index (κ3) is 5.86. The maximum Gasteiger partial charge on any atom is 0.165 e. The lowest BCUT2D eigenvalue weighted by molar-refractivity contribution is 1.08. The van der Waals surface area contributed by atoms with Crippen LogP contribution in [0.5, 0.6) is 0 Å². The molecule has 326 valence electrons. The molecule has 0 radical (unpaired) electrons. The molecular formula is C63H37N5S2. The van der Waals surface area contributed by atoms with E-state index in [4.69, 9.17) is 15.0 Å². The minimum atomic E-state index is 0.653. The van der Waals surface area contributed by atoms with Gasteiger partial charge in [0, 0.05) is 74.9 Å². The van der Waals surface area contributed by atoms with Gasteiger partial charge in [-0.1, -0.05) is 176 Å². The van der Waals surface area contributed by atoms with Crippen LogP contribution in [-0.4, -0.2) is 24.1 Å². The number of benzene rings is 10. The SMILES string of the molecule is c1ccc(-c2nc(-c3ccccc3)nc(-c3cccc4c3sc3c(-n5c6ccccc6c6cc(-c7cccc8c7sc7c8ccc8c9ccccc9n(-c9ccccc9)c87)ccc65)cccc34)n2)cc1. The van der Waals surface area contributed by atoms with Gasteiger partial charge in [-0.2, -0.15) is 0 Å². The van der Waals surface area contributed by atoms with Crippen molar-refractivity contribution < 1.29 is 0 Å². The average Bonchev–Trinajstić information content (AvgIpc) is 4.19.